The van der Waals surface area contributed by atoms with E-state index in [0.717, 1.165) is 0 Å². The zero-order chi connectivity index (χ0) is 15.8. The molecule has 1 aromatic rings. The fourth-order valence-corrected chi connectivity index (χ4v) is 1.59. The molecule has 0 saturated carbocycles. The Kier molecular flexibility index (Phi) is 6.37. The van der Waals surface area contributed by atoms with Crippen LogP contribution in [0.3, 0.4) is 0 Å². The van der Waals surface area contributed by atoms with Gasteiger partial charge in [-0.1, -0.05) is 11.8 Å². The molecule has 0 radical (unpaired) electrons. The van der Waals surface area contributed by atoms with Crippen molar-refractivity contribution in [1.82, 2.24) is 9.88 Å². The van der Waals surface area contributed by atoms with Gasteiger partial charge < -0.3 is 15.4 Å². The lowest BCUT2D eigenvalue weighted by molar-refractivity contribution is -0.141. The van der Waals surface area contributed by atoms with Crippen LogP contribution >= 0.6 is 0 Å². The number of amides is 1. The highest BCUT2D eigenvalue weighted by molar-refractivity contribution is 5.94. The third-order valence-corrected chi connectivity index (χ3v) is 2.73. The predicted octanol–water partition coefficient (Wildman–Crippen LogP) is 0.415. The van der Waals surface area contributed by atoms with Gasteiger partial charge in [0.2, 0.25) is 0 Å². The van der Waals surface area contributed by atoms with Crippen LogP contribution in [0.15, 0.2) is 18.3 Å². The van der Waals surface area contributed by atoms with Crippen LogP contribution in [0, 0.1) is 11.8 Å². The summed E-state index contributed by atoms with van der Waals surface area (Å²) in [5.74, 6) is 4.74. The highest BCUT2D eigenvalue weighted by atomic mass is 16.5. The average molecular weight is 289 g/mol. The molecule has 1 heterocycles. The largest absolute Gasteiger partial charge is 0.468 e. The van der Waals surface area contributed by atoms with Crippen molar-refractivity contribution in [3.63, 3.8) is 0 Å². The smallest absolute Gasteiger partial charge is 0.325 e. The van der Waals surface area contributed by atoms with E-state index in [1.165, 1.54) is 18.2 Å². The van der Waals surface area contributed by atoms with Crippen molar-refractivity contribution in [3.8, 4) is 11.8 Å². The van der Waals surface area contributed by atoms with E-state index in [2.05, 4.69) is 21.6 Å². The molecule has 0 aromatic carbocycles. The summed E-state index contributed by atoms with van der Waals surface area (Å²) in [6.07, 6.45) is 1.51. The van der Waals surface area contributed by atoms with Gasteiger partial charge in [0.1, 0.15) is 12.2 Å². The maximum atomic E-state index is 12.4. The fourth-order valence-electron chi connectivity index (χ4n) is 1.59. The lowest BCUT2D eigenvalue weighted by Gasteiger charge is -2.25. The van der Waals surface area contributed by atoms with Crippen molar-refractivity contribution in [1.29, 1.82) is 0 Å². The second-order valence-corrected chi connectivity index (χ2v) is 4.54. The number of carbonyl (C=O) groups is 2. The second kappa shape index (κ2) is 8.02. The van der Waals surface area contributed by atoms with E-state index < -0.39 is 5.97 Å². The molecule has 2 N–H and O–H groups in total. The summed E-state index contributed by atoms with van der Waals surface area (Å²) >= 11 is 0. The monoisotopic (exact) mass is 289 g/mol. The molecule has 0 aliphatic carbocycles. The van der Waals surface area contributed by atoms with E-state index in [0.29, 0.717) is 5.56 Å². The average Bonchev–Trinajstić information content (AvgIpc) is 2.49. The SMILES string of the molecule is COC(=O)CN(C(=O)c1ccc(C#CCN)cn1)C(C)C. The molecule has 6 heteroatoms. The number of pyridine rings is 1. The fraction of sp³-hybridized carbons (Fsp3) is 0.400. The number of hydrogen-bond acceptors (Lipinski definition) is 5. The normalized spacial score (nSPS) is 9.76. The second-order valence-electron chi connectivity index (χ2n) is 4.54. The molecule has 112 valence electrons. The molecule has 0 aliphatic heterocycles. The third kappa shape index (κ3) is 4.89. The van der Waals surface area contributed by atoms with E-state index in [4.69, 9.17) is 5.73 Å². The maximum Gasteiger partial charge on any atom is 0.325 e. The maximum absolute atomic E-state index is 12.4. The zero-order valence-corrected chi connectivity index (χ0v) is 12.4. The highest BCUT2D eigenvalue weighted by Crippen LogP contribution is 2.07. The van der Waals surface area contributed by atoms with Crippen molar-refractivity contribution in [2.75, 3.05) is 20.2 Å². The van der Waals surface area contributed by atoms with E-state index in [9.17, 15) is 9.59 Å². The molecule has 0 unspecified atom stereocenters. The Bertz CT molecular complexity index is 556. The van der Waals surface area contributed by atoms with Crippen LogP contribution in [0.1, 0.15) is 29.9 Å². The van der Waals surface area contributed by atoms with Gasteiger partial charge >= 0.3 is 5.97 Å². The van der Waals surface area contributed by atoms with Crippen LogP contribution in [-0.4, -0.2) is 48.0 Å². The molecule has 0 fully saturated rings. The van der Waals surface area contributed by atoms with E-state index in [1.54, 1.807) is 12.1 Å². The lowest BCUT2D eigenvalue weighted by Crippen LogP contribution is -2.41. The molecule has 0 spiro atoms. The van der Waals surface area contributed by atoms with Gasteiger partial charge in [0.15, 0.2) is 0 Å². The first kappa shape index (κ1) is 16.7. The molecule has 0 bridgehead atoms. The molecule has 0 saturated heterocycles. The summed E-state index contributed by atoms with van der Waals surface area (Å²) in [5, 5.41) is 0. The van der Waals surface area contributed by atoms with Crippen molar-refractivity contribution in [2.45, 2.75) is 19.9 Å². The van der Waals surface area contributed by atoms with Crippen LogP contribution in [0.2, 0.25) is 0 Å². The van der Waals surface area contributed by atoms with Crippen molar-refractivity contribution in [3.05, 3.63) is 29.6 Å². The van der Waals surface area contributed by atoms with Gasteiger partial charge in [-0.3, -0.25) is 9.59 Å². The number of ether oxygens (including phenoxy) is 1. The Morgan fingerprint density at radius 2 is 2.14 bits per heavy atom. The number of methoxy groups -OCH3 is 1. The van der Waals surface area contributed by atoms with Crippen LogP contribution < -0.4 is 5.73 Å². The Morgan fingerprint density at radius 3 is 2.62 bits per heavy atom. The number of nitrogens with zero attached hydrogens (tertiary/aromatic N) is 2. The molecular formula is C15H19N3O3. The minimum atomic E-state index is -0.470. The Hall–Kier alpha value is -2.39. The van der Waals surface area contributed by atoms with Gasteiger partial charge in [-0.15, -0.1) is 0 Å². The van der Waals surface area contributed by atoms with Crippen molar-refractivity contribution in [2.24, 2.45) is 5.73 Å². The Morgan fingerprint density at radius 1 is 1.43 bits per heavy atom. The number of rotatable bonds is 4. The Balaban J connectivity index is 2.91. The molecule has 0 atom stereocenters. The number of nitrogens with two attached hydrogens (primary N) is 1. The molecule has 1 rings (SSSR count). The summed E-state index contributed by atoms with van der Waals surface area (Å²) in [6, 6.07) is 3.13. The number of esters is 1. The van der Waals surface area contributed by atoms with Gasteiger partial charge in [0.05, 0.1) is 13.7 Å². The first-order valence-corrected chi connectivity index (χ1v) is 6.52. The first-order chi connectivity index (χ1) is 9.99. The lowest BCUT2D eigenvalue weighted by atomic mass is 10.2. The quantitative estimate of drug-likeness (QED) is 0.641. The van der Waals surface area contributed by atoms with Crippen molar-refractivity contribution < 1.29 is 14.3 Å². The van der Waals surface area contributed by atoms with Crippen LogP contribution in [-0.2, 0) is 9.53 Å². The number of carbonyl (C=O) groups excluding carboxylic acids is 2. The zero-order valence-electron chi connectivity index (χ0n) is 12.4. The topological polar surface area (TPSA) is 85.5 Å². The molecule has 21 heavy (non-hydrogen) atoms. The molecule has 1 aromatic heterocycles. The van der Waals surface area contributed by atoms with Gasteiger partial charge in [-0.05, 0) is 26.0 Å². The molecule has 6 nitrogen and oxygen atoms in total. The van der Waals surface area contributed by atoms with Crippen molar-refractivity contribution >= 4 is 11.9 Å². The summed E-state index contributed by atoms with van der Waals surface area (Å²) in [5.41, 5.74) is 6.23. The van der Waals surface area contributed by atoms with Crippen LogP contribution in [0.25, 0.3) is 0 Å². The number of aromatic nitrogens is 1. The minimum Gasteiger partial charge on any atom is -0.468 e. The van der Waals surface area contributed by atoms with E-state index in [1.807, 2.05) is 13.8 Å². The van der Waals surface area contributed by atoms with Crippen LogP contribution in [0.4, 0.5) is 0 Å². The summed E-state index contributed by atoms with van der Waals surface area (Å²) in [4.78, 5) is 29.2. The van der Waals surface area contributed by atoms with Gasteiger partial charge in [0.25, 0.3) is 5.91 Å². The van der Waals surface area contributed by atoms with Gasteiger partial charge in [0, 0.05) is 17.8 Å². The highest BCUT2D eigenvalue weighted by Gasteiger charge is 2.22. The summed E-state index contributed by atoms with van der Waals surface area (Å²) < 4.78 is 4.60. The minimum absolute atomic E-state index is 0.108. The van der Waals surface area contributed by atoms with Crippen LogP contribution in [0.5, 0.6) is 0 Å². The standard InChI is InChI=1S/C15H19N3O3/c1-11(2)18(10-14(19)21-3)15(20)13-7-6-12(9-17-13)5-4-8-16/h6-7,9,11H,8,10,16H2,1-3H3. The summed E-state index contributed by atoms with van der Waals surface area (Å²) in [7, 11) is 1.29. The molecule has 1 amide bonds. The van der Waals surface area contributed by atoms with E-state index >= 15 is 0 Å². The van der Waals surface area contributed by atoms with Gasteiger partial charge in [-0.25, -0.2) is 4.98 Å². The molecular weight excluding hydrogens is 270 g/mol. The Labute approximate surface area is 124 Å². The first-order valence-electron chi connectivity index (χ1n) is 6.52. The summed E-state index contributed by atoms with van der Waals surface area (Å²) in [6.45, 7) is 3.80. The van der Waals surface area contributed by atoms with Gasteiger partial charge in [-0.2, -0.15) is 0 Å². The number of hydrogen-bond donors (Lipinski definition) is 1. The van der Waals surface area contributed by atoms with E-state index in [-0.39, 0.29) is 30.7 Å². The molecule has 0 aliphatic rings. The predicted molar refractivity (Wildman–Crippen MR) is 78.4 cm³/mol. The third-order valence-electron chi connectivity index (χ3n) is 2.73.